The minimum Gasteiger partial charge on any atom is -0.465 e. The van der Waals surface area contributed by atoms with Gasteiger partial charge in [0.15, 0.2) is 0 Å². The zero-order chi connectivity index (χ0) is 12.3. The number of hydrogen-bond acceptors (Lipinski definition) is 4. The van der Waals surface area contributed by atoms with Gasteiger partial charge in [-0.3, -0.25) is 5.84 Å². The average Bonchev–Trinajstić information content (AvgIpc) is 2.25. The number of hydrazine groups is 1. The molecule has 0 amide bonds. The third-order valence-corrected chi connectivity index (χ3v) is 1.91. The molecule has 0 heterocycles. The van der Waals surface area contributed by atoms with Crippen LogP contribution in [0.5, 0.6) is 0 Å². The number of nitrogens with two attached hydrogens (primary N) is 1. The summed E-state index contributed by atoms with van der Waals surface area (Å²) in [7, 11) is 0.996. The molecule has 1 rings (SSSR count). The molecule has 3 N–H and O–H groups in total. The van der Waals surface area contributed by atoms with E-state index in [9.17, 15) is 18.0 Å². The van der Waals surface area contributed by atoms with E-state index in [1.807, 2.05) is 5.43 Å². The van der Waals surface area contributed by atoms with Gasteiger partial charge in [-0.25, -0.2) is 4.79 Å². The monoisotopic (exact) mass is 234 g/mol. The summed E-state index contributed by atoms with van der Waals surface area (Å²) in [4.78, 5) is 11.2. The quantitative estimate of drug-likeness (QED) is 0.465. The molecule has 0 aliphatic rings. The number of ether oxygens (including phenoxy) is 1. The maximum Gasteiger partial charge on any atom is 0.417 e. The Labute approximate surface area is 89.2 Å². The van der Waals surface area contributed by atoms with Crippen molar-refractivity contribution >= 4 is 11.7 Å². The van der Waals surface area contributed by atoms with Gasteiger partial charge in [-0.1, -0.05) is 6.07 Å². The lowest BCUT2D eigenvalue weighted by molar-refractivity contribution is -0.138. The van der Waals surface area contributed by atoms with E-state index < -0.39 is 23.3 Å². The molecule has 0 fully saturated rings. The highest BCUT2D eigenvalue weighted by atomic mass is 19.4. The number of halogens is 3. The lowest BCUT2D eigenvalue weighted by Crippen LogP contribution is -2.19. The Bertz CT molecular complexity index is 404. The van der Waals surface area contributed by atoms with Gasteiger partial charge in [0.25, 0.3) is 0 Å². The van der Waals surface area contributed by atoms with Crippen molar-refractivity contribution in [1.29, 1.82) is 0 Å². The maximum atomic E-state index is 12.6. The average molecular weight is 234 g/mol. The van der Waals surface area contributed by atoms with E-state index in [0.29, 0.717) is 0 Å². The number of anilines is 1. The molecular weight excluding hydrogens is 225 g/mol. The summed E-state index contributed by atoms with van der Waals surface area (Å²) in [6.07, 6.45) is -4.64. The van der Waals surface area contributed by atoms with Crippen LogP contribution < -0.4 is 11.3 Å². The highest BCUT2D eigenvalue weighted by molar-refractivity contribution is 5.97. The van der Waals surface area contributed by atoms with E-state index in [1.54, 1.807) is 0 Å². The van der Waals surface area contributed by atoms with Crippen molar-refractivity contribution in [3.05, 3.63) is 29.3 Å². The third-order valence-electron chi connectivity index (χ3n) is 1.91. The summed E-state index contributed by atoms with van der Waals surface area (Å²) >= 11 is 0. The van der Waals surface area contributed by atoms with Crippen molar-refractivity contribution in [2.45, 2.75) is 6.18 Å². The van der Waals surface area contributed by atoms with Crippen LogP contribution in [0, 0.1) is 0 Å². The summed E-state index contributed by atoms with van der Waals surface area (Å²) in [5.41, 5.74) is 0.172. The number of nitrogens with one attached hydrogen (secondary N) is 1. The predicted octanol–water partition coefficient (Wildman–Crippen LogP) is 1.78. The molecule has 0 unspecified atom stereocenters. The summed E-state index contributed by atoms with van der Waals surface area (Å²) in [5, 5.41) is 0. The normalized spacial score (nSPS) is 11.1. The van der Waals surface area contributed by atoms with Crippen LogP contribution in [0.2, 0.25) is 0 Å². The van der Waals surface area contributed by atoms with Crippen molar-refractivity contribution in [2.75, 3.05) is 12.5 Å². The van der Waals surface area contributed by atoms with Gasteiger partial charge in [-0.2, -0.15) is 13.2 Å². The Kier molecular flexibility index (Phi) is 3.38. The highest BCUT2D eigenvalue weighted by Crippen LogP contribution is 2.35. The minimum atomic E-state index is -4.64. The maximum absolute atomic E-state index is 12.6. The number of carbonyl (C=O) groups excluding carboxylic acids is 1. The number of rotatable bonds is 2. The Morgan fingerprint density at radius 3 is 2.50 bits per heavy atom. The van der Waals surface area contributed by atoms with Gasteiger partial charge in [0, 0.05) is 0 Å². The fraction of sp³-hybridized carbons (Fsp3) is 0.222. The lowest BCUT2D eigenvalue weighted by Gasteiger charge is -2.14. The topological polar surface area (TPSA) is 64.3 Å². The third kappa shape index (κ3) is 2.25. The number of carbonyl (C=O) groups is 1. The Morgan fingerprint density at radius 2 is 2.06 bits per heavy atom. The molecule has 16 heavy (non-hydrogen) atoms. The smallest absolute Gasteiger partial charge is 0.417 e. The molecule has 0 aliphatic carbocycles. The van der Waals surface area contributed by atoms with Crippen LogP contribution in [0.4, 0.5) is 18.9 Å². The summed E-state index contributed by atoms with van der Waals surface area (Å²) in [6, 6.07) is 3.18. The molecule has 7 heteroatoms. The van der Waals surface area contributed by atoms with Gasteiger partial charge in [-0.15, -0.1) is 0 Å². The van der Waals surface area contributed by atoms with Crippen LogP contribution in [0.1, 0.15) is 15.9 Å². The van der Waals surface area contributed by atoms with E-state index in [1.165, 1.54) is 6.07 Å². The first kappa shape index (κ1) is 12.3. The van der Waals surface area contributed by atoms with Gasteiger partial charge in [0.1, 0.15) is 0 Å². The fourth-order valence-corrected chi connectivity index (χ4v) is 1.23. The molecule has 0 aliphatic heterocycles. The van der Waals surface area contributed by atoms with Crippen molar-refractivity contribution in [1.82, 2.24) is 0 Å². The molecule has 88 valence electrons. The van der Waals surface area contributed by atoms with Crippen molar-refractivity contribution in [2.24, 2.45) is 5.84 Å². The molecule has 0 radical (unpaired) electrons. The Morgan fingerprint density at radius 1 is 1.44 bits per heavy atom. The van der Waals surface area contributed by atoms with E-state index in [0.717, 1.165) is 19.2 Å². The second-order valence-corrected chi connectivity index (χ2v) is 2.86. The number of methoxy groups -OCH3 is 1. The molecule has 0 aromatic heterocycles. The van der Waals surface area contributed by atoms with E-state index in [2.05, 4.69) is 4.74 Å². The van der Waals surface area contributed by atoms with Gasteiger partial charge in [0.2, 0.25) is 0 Å². The van der Waals surface area contributed by atoms with Crippen LogP contribution >= 0.6 is 0 Å². The number of nitrogen functional groups attached to an aromatic ring is 1. The first-order valence-electron chi connectivity index (χ1n) is 4.17. The molecule has 0 saturated carbocycles. The second-order valence-electron chi connectivity index (χ2n) is 2.86. The van der Waals surface area contributed by atoms with E-state index in [-0.39, 0.29) is 5.69 Å². The van der Waals surface area contributed by atoms with E-state index in [4.69, 9.17) is 5.84 Å². The molecule has 0 saturated heterocycles. The highest BCUT2D eigenvalue weighted by Gasteiger charge is 2.36. The SMILES string of the molecule is COC(=O)c1c(NN)cccc1C(F)(F)F. The molecule has 1 aromatic carbocycles. The number of alkyl halides is 3. The van der Waals surface area contributed by atoms with E-state index >= 15 is 0 Å². The molecule has 0 atom stereocenters. The first-order valence-corrected chi connectivity index (χ1v) is 4.17. The van der Waals surface area contributed by atoms with Crippen molar-refractivity contribution in [3.63, 3.8) is 0 Å². The number of benzene rings is 1. The predicted molar refractivity (Wildman–Crippen MR) is 50.6 cm³/mol. The Balaban J connectivity index is 3.44. The second kappa shape index (κ2) is 4.40. The standard InChI is InChI=1S/C9H9F3N2O2/c1-16-8(15)7-5(9(10,11)12)3-2-4-6(7)14-13/h2-4,14H,13H2,1H3. The number of hydrogen-bond donors (Lipinski definition) is 2. The molecule has 4 nitrogen and oxygen atoms in total. The van der Waals surface area contributed by atoms with Crippen LogP contribution in [0.25, 0.3) is 0 Å². The van der Waals surface area contributed by atoms with Crippen molar-refractivity contribution < 1.29 is 22.7 Å². The lowest BCUT2D eigenvalue weighted by atomic mass is 10.1. The molecular formula is C9H9F3N2O2. The zero-order valence-electron chi connectivity index (χ0n) is 8.26. The van der Waals surface area contributed by atoms with Crippen LogP contribution in [-0.4, -0.2) is 13.1 Å². The zero-order valence-corrected chi connectivity index (χ0v) is 8.26. The largest absolute Gasteiger partial charge is 0.465 e. The van der Waals surface area contributed by atoms with Crippen LogP contribution in [0.3, 0.4) is 0 Å². The van der Waals surface area contributed by atoms with Crippen LogP contribution in [0.15, 0.2) is 18.2 Å². The Hall–Kier alpha value is -1.76. The first-order chi connectivity index (χ1) is 7.41. The number of esters is 1. The molecule has 0 spiro atoms. The molecule has 0 bridgehead atoms. The van der Waals surface area contributed by atoms with Gasteiger partial charge in [-0.05, 0) is 12.1 Å². The fourth-order valence-electron chi connectivity index (χ4n) is 1.23. The summed E-state index contributed by atoms with van der Waals surface area (Å²) in [5.74, 6) is 3.93. The summed E-state index contributed by atoms with van der Waals surface area (Å²) in [6.45, 7) is 0. The van der Waals surface area contributed by atoms with Gasteiger partial charge >= 0.3 is 12.1 Å². The molecule has 1 aromatic rings. The van der Waals surface area contributed by atoms with Gasteiger partial charge in [0.05, 0.1) is 23.9 Å². The summed E-state index contributed by atoms with van der Waals surface area (Å²) < 4.78 is 42.0. The van der Waals surface area contributed by atoms with Crippen LogP contribution in [-0.2, 0) is 10.9 Å². The van der Waals surface area contributed by atoms with Crippen molar-refractivity contribution in [3.8, 4) is 0 Å². The van der Waals surface area contributed by atoms with Gasteiger partial charge < -0.3 is 10.2 Å². The minimum absolute atomic E-state index is 0.137.